The highest BCUT2D eigenvalue weighted by Crippen LogP contribution is 2.48. The number of carbonyl (C=O) groups is 1. The highest BCUT2D eigenvalue weighted by atomic mass is 31.2. The van der Waals surface area contributed by atoms with E-state index in [0.717, 1.165) is 0 Å². The third-order valence-electron chi connectivity index (χ3n) is 6.19. The Morgan fingerprint density at radius 1 is 1.33 bits per heavy atom. The molecule has 0 amide bonds. The van der Waals surface area contributed by atoms with E-state index in [1.165, 1.54) is 31.9 Å². The van der Waals surface area contributed by atoms with E-state index < -0.39 is 50.5 Å². The number of halogens is 1. The van der Waals surface area contributed by atoms with Gasteiger partial charge >= 0.3 is 13.7 Å². The molecule has 1 saturated heterocycles. The Morgan fingerprint density at radius 3 is 2.67 bits per heavy atom. The fraction of sp³-hybridized carbons (Fsp3) is 0.500. The number of imidazole rings is 1. The van der Waals surface area contributed by atoms with Crippen LogP contribution in [-0.4, -0.2) is 82.3 Å². The maximum atomic E-state index is 16.0. The number of anilines is 1. The second-order valence-corrected chi connectivity index (χ2v) is 11.2. The first-order chi connectivity index (χ1) is 18.4. The van der Waals surface area contributed by atoms with Crippen LogP contribution in [0.2, 0.25) is 0 Å². The van der Waals surface area contributed by atoms with Crippen LogP contribution in [0, 0.1) is 6.92 Å². The molecule has 1 fully saturated rings. The van der Waals surface area contributed by atoms with Crippen LogP contribution in [0.5, 0.6) is 5.75 Å². The van der Waals surface area contributed by atoms with Crippen molar-refractivity contribution in [2.45, 2.75) is 50.9 Å². The number of esters is 1. The van der Waals surface area contributed by atoms with Crippen LogP contribution >= 0.6 is 7.75 Å². The van der Waals surface area contributed by atoms with Crippen molar-refractivity contribution in [2.75, 3.05) is 32.7 Å². The molecular weight excluding hydrogens is 534 g/mol. The summed E-state index contributed by atoms with van der Waals surface area (Å²) in [5, 5.41) is 13.4. The fourth-order valence-electron chi connectivity index (χ4n) is 4.19. The van der Waals surface area contributed by atoms with Gasteiger partial charge in [0, 0.05) is 14.1 Å². The average molecular weight is 567 g/mol. The van der Waals surface area contributed by atoms with E-state index in [0.29, 0.717) is 22.8 Å². The molecule has 2 aromatic heterocycles. The molecule has 3 heterocycles. The molecule has 2 N–H and O–H groups in total. The lowest BCUT2D eigenvalue weighted by Crippen LogP contribution is -2.41. The largest absolute Gasteiger partial charge is 0.468 e. The lowest BCUT2D eigenvalue weighted by molar-refractivity contribution is -0.142. The van der Waals surface area contributed by atoms with E-state index in [-0.39, 0.29) is 5.75 Å². The average Bonchev–Trinajstić information content (AvgIpc) is 3.39. The number of aliphatic hydroxyl groups is 1. The normalized spacial score (nSPS) is 25.3. The predicted octanol–water partition coefficient (Wildman–Crippen LogP) is 2.54. The van der Waals surface area contributed by atoms with Gasteiger partial charge in [0.15, 0.2) is 28.9 Å². The summed E-state index contributed by atoms with van der Waals surface area (Å²) >= 11 is 0. The van der Waals surface area contributed by atoms with E-state index in [1.54, 1.807) is 56.3 Å². The zero-order valence-corrected chi connectivity index (χ0v) is 23.3. The maximum Gasteiger partial charge on any atom is 0.459 e. The molecule has 0 spiro atoms. The Morgan fingerprint density at radius 2 is 2.03 bits per heavy atom. The number of benzene rings is 1. The van der Waals surface area contributed by atoms with E-state index in [1.807, 2.05) is 0 Å². The van der Waals surface area contributed by atoms with Crippen molar-refractivity contribution in [1.82, 2.24) is 24.6 Å². The molecular formula is C24H32FN6O7P. The minimum absolute atomic E-state index is 0.197. The standard InChI is InChI=1S/C24H32FN6O7P/c1-14(22(33)35-6)29-39(34,38-16-10-8-7-9-11-16)36-12-17-19(32)24(3,25)23(37-17)31-13-26-18-20(30(4)5)27-15(2)28-21(18)31/h7-11,13-14,17,19,23,32H,12H2,1-6H3,(H,29,34)/t14-,17+,19+,23+,24+,39+/m0/s1. The number of aryl methyl sites for hydroxylation is 1. The van der Waals surface area contributed by atoms with Gasteiger partial charge in [-0.25, -0.2) is 23.9 Å². The number of nitrogens with one attached hydrogen (secondary N) is 1. The quantitative estimate of drug-likeness (QED) is 0.274. The molecule has 6 atom stereocenters. The minimum atomic E-state index is -4.24. The summed E-state index contributed by atoms with van der Waals surface area (Å²) < 4.78 is 52.7. The van der Waals surface area contributed by atoms with Gasteiger partial charge in [-0.05, 0) is 32.9 Å². The summed E-state index contributed by atoms with van der Waals surface area (Å²) in [5.41, 5.74) is -1.56. The molecule has 0 bridgehead atoms. The Balaban J connectivity index is 1.59. The van der Waals surface area contributed by atoms with E-state index in [4.69, 9.17) is 13.8 Å². The van der Waals surface area contributed by atoms with Crippen LogP contribution in [0.1, 0.15) is 25.9 Å². The second-order valence-electron chi connectivity index (χ2n) is 9.51. The number of methoxy groups -OCH3 is 1. The summed E-state index contributed by atoms with van der Waals surface area (Å²) in [6, 6.07) is 7.09. The third kappa shape index (κ3) is 5.89. The molecule has 39 heavy (non-hydrogen) atoms. The van der Waals surface area contributed by atoms with Crippen molar-refractivity contribution in [3.05, 3.63) is 42.5 Å². The molecule has 1 aliphatic heterocycles. The number of aromatic nitrogens is 4. The molecule has 0 radical (unpaired) electrons. The molecule has 3 aromatic rings. The number of para-hydroxylation sites is 1. The van der Waals surface area contributed by atoms with Crippen LogP contribution in [-0.2, 0) is 23.4 Å². The van der Waals surface area contributed by atoms with Crippen LogP contribution in [0.15, 0.2) is 36.7 Å². The van der Waals surface area contributed by atoms with Crippen molar-refractivity contribution in [3.8, 4) is 5.75 Å². The number of nitrogens with zero attached hydrogens (tertiary/aromatic N) is 5. The molecule has 15 heteroatoms. The van der Waals surface area contributed by atoms with E-state index in [2.05, 4.69) is 24.8 Å². The number of ether oxygens (including phenoxy) is 2. The lowest BCUT2D eigenvalue weighted by atomic mass is 9.98. The van der Waals surface area contributed by atoms with Crippen molar-refractivity contribution in [2.24, 2.45) is 0 Å². The lowest BCUT2D eigenvalue weighted by Gasteiger charge is -2.25. The fourth-order valence-corrected chi connectivity index (χ4v) is 5.69. The van der Waals surface area contributed by atoms with Gasteiger partial charge in [-0.2, -0.15) is 5.09 Å². The van der Waals surface area contributed by atoms with Gasteiger partial charge in [0.2, 0.25) is 0 Å². The number of aliphatic hydroxyl groups excluding tert-OH is 1. The van der Waals surface area contributed by atoms with E-state index >= 15 is 4.39 Å². The van der Waals surface area contributed by atoms with Crippen molar-refractivity contribution < 1.29 is 37.4 Å². The maximum absolute atomic E-state index is 16.0. The van der Waals surface area contributed by atoms with Gasteiger partial charge in [-0.3, -0.25) is 13.9 Å². The van der Waals surface area contributed by atoms with Gasteiger partial charge < -0.3 is 24.0 Å². The topological polar surface area (TPSA) is 150 Å². The van der Waals surface area contributed by atoms with Crippen LogP contribution in [0.25, 0.3) is 11.2 Å². The third-order valence-corrected chi connectivity index (χ3v) is 7.84. The first-order valence-electron chi connectivity index (χ1n) is 12.1. The summed E-state index contributed by atoms with van der Waals surface area (Å²) in [7, 11) is 0.544. The minimum Gasteiger partial charge on any atom is -0.468 e. The van der Waals surface area contributed by atoms with Crippen molar-refractivity contribution >= 4 is 30.7 Å². The van der Waals surface area contributed by atoms with Gasteiger partial charge in [-0.15, -0.1) is 0 Å². The number of hydrogen-bond donors (Lipinski definition) is 2. The van der Waals surface area contributed by atoms with Gasteiger partial charge in [-0.1, -0.05) is 18.2 Å². The molecule has 212 valence electrons. The molecule has 1 aromatic carbocycles. The zero-order chi connectivity index (χ0) is 28.5. The Labute approximate surface area is 224 Å². The number of alkyl halides is 1. The first kappa shape index (κ1) is 28.8. The van der Waals surface area contributed by atoms with Crippen molar-refractivity contribution in [3.63, 3.8) is 0 Å². The Hall–Kier alpha value is -3.16. The highest BCUT2D eigenvalue weighted by Gasteiger charge is 2.56. The summed E-state index contributed by atoms with van der Waals surface area (Å²) in [6.45, 7) is 3.77. The summed E-state index contributed by atoms with van der Waals surface area (Å²) in [4.78, 5) is 26.9. The monoisotopic (exact) mass is 566 g/mol. The highest BCUT2D eigenvalue weighted by molar-refractivity contribution is 7.52. The summed E-state index contributed by atoms with van der Waals surface area (Å²) in [5.74, 6) is 0.477. The van der Waals surface area contributed by atoms with Gasteiger partial charge in [0.05, 0.1) is 20.0 Å². The smallest absolute Gasteiger partial charge is 0.459 e. The molecule has 0 unspecified atom stereocenters. The number of hydrogen-bond acceptors (Lipinski definition) is 11. The van der Waals surface area contributed by atoms with Crippen LogP contribution in [0.3, 0.4) is 0 Å². The molecule has 4 rings (SSSR count). The first-order valence-corrected chi connectivity index (χ1v) is 13.7. The Bertz CT molecular complexity index is 1370. The zero-order valence-electron chi connectivity index (χ0n) is 22.4. The number of fused-ring (bicyclic) bond motifs is 1. The summed E-state index contributed by atoms with van der Waals surface area (Å²) in [6.07, 6.45) is -2.92. The van der Waals surface area contributed by atoms with Crippen LogP contribution in [0.4, 0.5) is 10.2 Å². The van der Waals surface area contributed by atoms with Gasteiger partial charge in [0.1, 0.15) is 29.8 Å². The molecule has 0 saturated carbocycles. The molecule has 0 aliphatic carbocycles. The van der Waals surface area contributed by atoms with E-state index in [9.17, 15) is 14.5 Å². The number of carbonyl (C=O) groups excluding carboxylic acids is 1. The second kappa shape index (κ2) is 11.1. The van der Waals surface area contributed by atoms with Crippen molar-refractivity contribution in [1.29, 1.82) is 0 Å². The Kier molecular flexibility index (Phi) is 8.24. The molecule has 1 aliphatic rings. The number of rotatable bonds is 10. The molecule has 13 nitrogen and oxygen atoms in total. The van der Waals surface area contributed by atoms with Gasteiger partial charge in [0.25, 0.3) is 0 Å². The van der Waals surface area contributed by atoms with Crippen LogP contribution < -0.4 is 14.5 Å². The predicted molar refractivity (Wildman–Crippen MR) is 139 cm³/mol. The SMILES string of the molecule is COC(=O)[C@H](C)N[P@@](=O)(OC[C@H]1O[C@@H](n2cnc3c(N(C)C)nc(C)nc32)[C@](C)(F)[C@@H]1O)Oc1ccccc1.